The van der Waals surface area contributed by atoms with Crippen LogP contribution >= 0.6 is 0 Å². The summed E-state index contributed by atoms with van der Waals surface area (Å²) in [5, 5.41) is 8.65. The van der Waals surface area contributed by atoms with E-state index in [-0.39, 0.29) is 23.6 Å². The monoisotopic (exact) mass is 301 g/mol. The van der Waals surface area contributed by atoms with E-state index in [2.05, 4.69) is 9.46 Å². The molecule has 0 bridgehead atoms. The standard InChI is InChI=1S/C13H19NO5S/c1-10-5-6-11(13(16)19-2)9-12(10)20(17,18)14-7-3-4-8-15/h5-6,9,14-15H,3-4,7-8H2,1-2H3. The number of ether oxygens (including phenoxy) is 1. The zero-order chi connectivity index (χ0) is 15.2. The number of aliphatic hydroxyl groups excluding tert-OH is 1. The van der Waals surface area contributed by atoms with E-state index in [1.165, 1.54) is 19.2 Å². The molecular weight excluding hydrogens is 282 g/mol. The van der Waals surface area contributed by atoms with E-state index in [9.17, 15) is 13.2 Å². The van der Waals surface area contributed by atoms with Crippen LogP contribution in [-0.4, -0.2) is 39.8 Å². The molecule has 1 aromatic rings. The highest BCUT2D eigenvalue weighted by Crippen LogP contribution is 2.17. The smallest absolute Gasteiger partial charge is 0.337 e. The number of hydrogen-bond donors (Lipinski definition) is 2. The summed E-state index contributed by atoms with van der Waals surface area (Å²) < 4.78 is 31.3. The van der Waals surface area contributed by atoms with Crippen LogP contribution in [0.15, 0.2) is 23.1 Å². The van der Waals surface area contributed by atoms with Crippen molar-refractivity contribution in [2.45, 2.75) is 24.7 Å². The van der Waals surface area contributed by atoms with Crippen molar-refractivity contribution >= 4 is 16.0 Å². The number of unbranched alkanes of at least 4 members (excludes halogenated alkanes) is 1. The lowest BCUT2D eigenvalue weighted by molar-refractivity contribution is 0.0600. The first kappa shape index (κ1) is 16.6. The Bertz CT molecular complexity index is 568. The van der Waals surface area contributed by atoms with Crippen LogP contribution < -0.4 is 4.72 Å². The number of esters is 1. The summed E-state index contributed by atoms with van der Waals surface area (Å²) in [7, 11) is -2.44. The summed E-state index contributed by atoms with van der Waals surface area (Å²) in [6.07, 6.45) is 1.08. The molecule has 112 valence electrons. The van der Waals surface area contributed by atoms with Crippen LogP contribution in [0.3, 0.4) is 0 Å². The largest absolute Gasteiger partial charge is 0.465 e. The summed E-state index contributed by atoms with van der Waals surface area (Å²) in [5.74, 6) is -0.582. The first-order chi connectivity index (χ1) is 9.42. The third kappa shape index (κ3) is 4.29. The summed E-state index contributed by atoms with van der Waals surface area (Å²) in [6, 6.07) is 4.38. The fraction of sp³-hybridized carbons (Fsp3) is 0.462. The molecule has 0 spiro atoms. The molecule has 0 aliphatic carbocycles. The Morgan fingerprint density at radius 1 is 1.35 bits per heavy atom. The van der Waals surface area contributed by atoms with E-state index in [1.54, 1.807) is 13.0 Å². The zero-order valence-corrected chi connectivity index (χ0v) is 12.4. The summed E-state index contributed by atoms with van der Waals surface area (Å²) in [4.78, 5) is 11.5. The van der Waals surface area contributed by atoms with Crippen molar-refractivity contribution in [1.82, 2.24) is 4.72 Å². The Hall–Kier alpha value is -1.44. The zero-order valence-electron chi connectivity index (χ0n) is 11.5. The number of nitrogens with one attached hydrogen (secondary N) is 1. The quantitative estimate of drug-likeness (QED) is 0.575. The van der Waals surface area contributed by atoms with Crippen LogP contribution in [0.4, 0.5) is 0 Å². The summed E-state index contributed by atoms with van der Waals surface area (Å²) in [6.45, 7) is 1.92. The van der Waals surface area contributed by atoms with E-state index >= 15 is 0 Å². The molecule has 0 fully saturated rings. The van der Waals surface area contributed by atoms with Gasteiger partial charge in [0.25, 0.3) is 0 Å². The molecule has 0 saturated carbocycles. The normalized spacial score (nSPS) is 11.3. The van der Waals surface area contributed by atoms with Crippen LogP contribution in [0.25, 0.3) is 0 Å². The number of carbonyl (C=O) groups is 1. The van der Waals surface area contributed by atoms with Crippen LogP contribution in [-0.2, 0) is 14.8 Å². The van der Waals surface area contributed by atoms with Gasteiger partial charge in [-0.1, -0.05) is 6.07 Å². The molecule has 0 heterocycles. The van der Waals surface area contributed by atoms with Gasteiger partial charge in [0, 0.05) is 13.2 Å². The topological polar surface area (TPSA) is 92.7 Å². The highest BCUT2D eigenvalue weighted by molar-refractivity contribution is 7.89. The minimum absolute atomic E-state index is 0.0264. The van der Waals surface area contributed by atoms with E-state index in [4.69, 9.17) is 5.11 Å². The average Bonchev–Trinajstić information content (AvgIpc) is 2.43. The fourth-order valence-electron chi connectivity index (χ4n) is 1.66. The van der Waals surface area contributed by atoms with Crippen LogP contribution in [0.1, 0.15) is 28.8 Å². The highest BCUT2D eigenvalue weighted by Gasteiger charge is 2.18. The maximum absolute atomic E-state index is 12.2. The van der Waals surface area contributed by atoms with Gasteiger partial charge in [0.1, 0.15) is 0 Å². The number of hydrogen-bond acceptors (Lipinski definition) is 5. The van der Waals surface area contributed by atoms with Gasteiger partial charge in [-0.3, -0.25) is 0 Å². The van der Waals surface area contributed by atoms with E-state index in [1.807, 2.05) is 0 Å². The molecule has 20 heavy (non-hydrogen) atoms. The molecule has 0 amide bonds. The molecule has 2 N–H and O–H groups in total. The molecule has 0 unspecified atom stereocenters. The lowest BCUT2D eigenvalue weighted by Crippen LogP contribution is -2.26. The maximum Gasteiger partial charge on any atom is 0.337 e. The minimum Gasteiger partial charge on any atom is -0.465 e. The Balaban J connectivity index is 2.96. The van der Waals surface area contributed by atoms with Gasteiger partial charge < -0.3 is 9.84 Å². The van der Waals surface area contributed by atoms with Crippen LogP contribution in [0.5, 0.6) is 0 Å². The lowest BCUT2D eigenvalue weighted by atomic mass is 10.1. The van der Waals surface area contributed by atoms with E-state index in [0.29, 0.717) is 18.4 Å². The fourth-order valence-corrected chi connectivity index (χ4v) is 3.00. The lowest BCUT2D eigenvalue weighted by Gasteiger charge is -2.10. The number of methoxy groups -OCH3 is 1. The molecule has 0 aromatic heterocycles. The Morgan fingerprint density at radius 2 is 2.05 bits per heavy atom. The average molecular weight is 301 g/mol. The number of benzene rings is 1. The molecule has 1 rings (SSSR count). The number of aryl methyl sites for hydroxylation is 1. The number of sulfonamides is 1. The van der Waals surface area contributed by atoms with Crippen molar-refractivity contribution in [3.8, 4) is 0 Å². The number of aliphatic hydroxyl groups is 1. The van der Waals surface area contributed by atoms with Crippen molar-refractivity contribution in [2.75, 3.05) is 20.3 Å². The first-order valence-electron chi connectivity index (χ1n) is 6.22. The second-order valence-electron chi connectivity index (χ2n) is 4.30. The Morgan fingerprint density at radius 3 is 2.65 bits per heavy atom. The van der Waals surface area contributed by atoms with E-state index < -0.39 is 16.0 Å². The number of rotatable bonds is 7. The molecular formula is C13H19NO5S. The predicted octanol–water partition coefficient (Wildman–Crippen LogP) is 0.832. The van der Waals surface area contributed by atoms with Gasteiger partial charge in [-0.25, -0.2) is 17.9 Å². The summed E-state index contributed by atoms with van der Waals surface area (Å²) in [5.41, 5.74) is 0.737. The molecule has 6 nitrogen and oxygen atoms in total. The van der Waals surface area contributed by atoms with Crippen molar-refractivity contribution < 1.29 is 23.1 Å². The SMILES string of the molecule is COC(=O)c1ccc(C)c(S(=O)(=O)NCCCCO)c1. The molecule has 1 aromatic carbocycles. The molecule has 0 aliphatic heterocycles. The highest BCUT2D eigenvalue weighted by atomic mass is 32.2. The predicted molar refractivity (Wildman–Crippen MR) is 74.0 cm³/mol. The molecule has 0 saturated heterocycles. The van der Waals surface area contributed by atoms with Crippen molar-refractivity contribution in [2.24, 2.45) is 0 Å². The second-order valence-corrected chi connectivity index (χ2v) is 6.04. The third-order valence-electron chi connectivity index (χ3n) is 2.78. The van der Waals surface area contributed by atoms with Gasteiger partial charge in [0.05, 0.1) is 17.6 Å². The van der Waals surface area contributed by atoms with Crippen molar-refractivity contribution in [3.05, 3.63) is 29.3 Å². The van der Waals surface area contributed by atoms with Crippen LogP contribution in [0, 0.1) is 6.92 Å². The van der Waals surface area contributed by atoms with Gasteiger partial charge in [-0.05, 0) is 37.5 Å². The Labute approximate surface area is 118 Å². The maximum atomic E-state index is 12.2. The van der Waals surface area contributed by atoms with E-state index in [0.717, 1.165) is 0 Å². The first-order valence-corrected chi connectivity index (χ1v) is 7.70. The van der Waals surface area contributed by atoms with Crippen LogP contribution in [0.2, 0.25) is 0 Å². The van der Waals surface area contributed by atoms with Crippen molar-refractivity contribution in [3.63, 3.8) is 0 Å². The molecule has 7 heteroatoms. The molecule has 0 atom stereocenters. The van der Waals surface area contributed by atoms with Gasteiger partial charge in [-0.2, -0.15) is 0 Å². The van der Waals surface area contributed by atoms with Gasteiger partial charge in [0.15, 0.2) is 0 Å². The second kappa shape index (κ2) is 7.37. The minimum atomic E-state index is -3.68. The molecule has 0 aliphatic rings. The number of carbonyl (C=O) groups excluding carboxylic acids is 1. The summed E-state index contributed by atoms with van der Waals surface area (Å²) >= 11 is 0. The van der Waals surface area contributed by atoms with Gasteiger partial charge >= 0.3 is 5.97 Å². The van der Waals surface area contributed by atoms with Gasteiger partial charge in [0.2, 0.25) is 10.0 Å². The van der Waals surface area contributed by atoms with Gasteiger partial charge in [-0.15, -0.1) is 0 Å². The molecule has 0 radical (unpaired) electrons. The Kier molecular flexibility index (Phi) is 6.12. The third-order valence-corrected chi connectivity index (χ3v) is 4.38. The van der Waals surface area contributed by atoms with Crippen molar-refractivity contribution in [1.29, 1.82) is 0 Å².